The number of hydrogen-bond acceptors (Lipinski definition) is 4. The molecule has 0 saturated carbocycles. The highest BCUT2D eigenvalue weighted by atomic mass is 79.9. The first-order chi connectivity index (χ1) is 10.0. The van der Waals surface area contributed by atoms with Crippen molar-refractivity contribution >= 4 is 21.9 Å². The second-order valence-electron chi connectivity index (χ2n) is 5.13. The Morgan fingerprint density at radius 3 is 2.81 bits per heavy atom. The average molecular weight is 358 g/mol. The minimum atomic E-state index is -0.906. The monoisotopic (exact) mass is 357 g/mol. The highest BCUT2D eigenvalue weighted by molar-refractivity contribution is 9.10. The molecule has 0 bridgehead atoms. The molecule has 5 nitrogen and oxygen atoms in total. The molecule has 0 fully saturated rings. The van der Waals surface area contributed by atoms with Crippen molar-refractivity contribution in [1.29, 1.82) is 0 Å². The summed E-state index contributed by atoms with van der Waals surface area (Å²) in [6.07, 6.45) is 1.67. The molecule has 0 aliphatic carbocycles. The molecule has 0 spiro atoms. The maximum atomic E-state index is 11.5. The van der Waals surface area contributed by atoms with Crippen LogP contribution in [0.25, 0.3) is 0 Å². The van der Waals surface area contributed by atoms with Crippen LogP contribution in [-0.2, 0) is 4.79 Å². The van der Waals surface area contributed by atoms with E-state index in [9.17, 15) is 9.90 Å². The molecule has 0 radical (unpaired) electrons. The number of carboxylic acid groups (broad SMARTS) is 1. The quantitative estimate of drug-likeness (QED) is 0.847. The SMILES string of the molecule is CCC(C)NC(C(=O)O)c1cc(Br)c2c(c1)OCCCO2. The Morgan fingerprint density at radius 2 is 2.14 bits per heavy atom. The van der Waals surface area contributed by atoms with Crippen LogP contribution in [0.4, 0.5) is 0 Å². The molecule has 1 aromatic carbocycles. The Labute approximate surface area is 132 Å². The molecule has 1 heterocycles. The van der Waals surface area contributed by atoms with Crippen LogP contribution in [0.1, 0.15) is 38.3 Å². The van der Waals surface area contributed by atoms with E-state index in [1.165, 1.54) is 0 Å². The molecule has 2 unspecified atom stereocenters. The fourth-order valence-corrected chi connectivity index (χ4v) is 2.70. The van der Waals surface area contributed by atoms with Gasteiger partial charge in [-0.2, -0.15) is 0 Å². The molecule has 2 rings (SSSR count). The Bertz CT molecular complexity index is 521. The van der Waals surface area contributed by atoms with Crippen molar-refractivity contribution < 1.29 is 19.4 Å². The first kappa shape index (κ1) is 16.1. The number of nitrogens with one attached hydrogen (secondary N) is 1. The van der Waals surface area contributed by atoms with Crippen molar-refractivity contribution in [3.8, 4) is 11.5 Å². The third-order valence-corrected chi connectivity index (χ3v) is 4.06. The van der Waals surface area contributed by atoms with E-state index in [-0.39, 0.29) is 6.04 Å². The predicted molar refractivity (Wildman–Crippen MR) is 83.0 cm³/mol. The van der Waals surface area contributed by atoms with Gasteiger partial charge in [0.1, 0.15) is 6.04 Å². The number of halogens is 1. The number of carbonyl (C=O) groups is 1. The van der Waals surface area contributed by atoms with E-state index in [2.05, 4.69) is 21.2 Å². The van der Waals surface area contributed by atoms with Gasteiger partial charge in [-0.1, -0.05) is 6.92 Å². The smallest absolute Gasteiger partial charge is 0.325 e. The zero-order valence-corrected chi connectivity index (χ0v) is 13.8. The molecule has 1 aliphatic rings. The van der Waals surface area contributed by atoms with Gasteiger partial charge in [-0.3, -0.25) is 10.1 Å². The van der Waals surface area contributed by atoms with Crippen LogP contribution >= 0.6 is 15.9 Å². The van der Waals surface area contributed by atoms with Crippen LogP contribution in [-0.4, -0.2) is 30.3 Å². The van der Waals surface area contributed by atoms with Gasteiger partial charge in [0.25, 0.3) is 0 Å². The molecule has 2 N–H and O–H groups in total. The number of rotatable bonds is 5. The Morgan fingerprint density at radius 1 is 1.43 bits per heavy atom. The number of hydrogen-bond donors (Lipinski definition) is 2. The fraction of sp³-hybridized carbons (Fsp3) is 0.533. The number of carboxylic acids is 1. The third kappa shape index (κ3) is 3.89. The van der Waals surface area contributed by atoms with E-state index >= 15 is 0 Å². The zero-order chi connectivity index (χ0) is 15.4. The summed E-state index contributed by atoms with van der Waals surface area (Å²) in [5.41, 5.74) is 0.652. The highest BCUT2D eigenvalue weighted by Gasteiger charge is 2.25. The lowest BCUT2D eigenvalue weighted by atomic mass is 10.0. The molecule has 116 valence electrons. The number of aliphatic carboxylic acids is 1. The number of benzene rings is 1. The van der Waals surface area contributed by atoms with Crippen LogP contribution in [0.2, 0.25) is 0 Å². The topological polar surface area (TPSA) is 67.8 Å². The highest BCUT2D eigenvalue weighted by Crippen LogP contribution is 2.39. The standard InChI is InChI=1S/C15H20BrNO4/c1-3-9(2)17-13(15(18)19)10-7-11(16)14-12(8-10)20-5-4-6-21-14/h7-9,13,17H,3-6H2,1-2H3,(H,18,19). The fourth-order valence-electron chi connectivity index (χ4n) is 2.13. The van der Waals surface area contributed by atoms with E-state index in [0.29, 0.717) is 34.7 Å². The van der Waals surface area contributed by atoms with Gasteiger partial charge in [-0.15, -0.1) is 0 Å². The van der Waals surface area contributed by atoms with Gasteiger partial charge in [-0.25, -0.2) is 0 Å². The second-order valence-corrected chi connectivity index (χ2v) is 5.98. The van der Waals surface area contributed by atoms with Crippen molar-refractivity contribution in [2.24, 2.45) is 0 Å². The van der Waals surface area contributed by atoms with Gasteiger partial charge in [0.2, 0.25) is 0 Å². The molecule has 6 heteroatoms. The minimum Gasteiger partial charge on any atom is -0.490 e. The molecule has 0 amide bonds. The maximum Gasteiger partial charge on any atom is 0.325 e. The lowest BCUT2D eigenvalue weighted by Gasteiger charge is -2.21. The van der Waals surface area contributed by atoms with Gasteiger partial charge in [0.15, 0.2) is 11.5 Å². The van der Waals surface area contributed by atoms with E-state index in [4.69, 9.17) is 9.47 Å². The summed E-state index contributed by atoms with van der Waals surface area (Å²) in [4.78, 5) is 11.5. The second kappa shape index (κ2) is 7.13. The van der Waals surface area contributed by atoms with Gasteiger partial charge in [-0.05, 0) is 47.0 Å². The van der Waals surface area contributed by atoms with Crippen molar-refractivity contribution in [2.45, 2.75) is 38.8 Å². The van der Waals surface area contributed by atoms with E-state index in [0.717, 1.165) is 12.8 Å². The van der Waals surface area contributed by atoms with E-state index < -0.39 is 12.0 Å². The molecule has 1 aromatic rings. The van der Waals surface area contributed by atoms with Crippen LogP contribution in [0.15, 0.2) is 16.6 Å². The minimum absolute atomic E-state index is 0.112. The number of ether oxygens (including phenoxy) is 2. The molecule has 2 atom stereocenters. The van der Waals surface area contributed by atoms with E-state index in [1.807, 2.05) is 13.8 Å². The summed E-state index contributed by atoms with van der Waals surface area (Å²) in [5.74, 6) is 0.328. The Hall–Kier alpha value is -1.27. The predicted octanol–water partition coefficient (Wildman–Crippen LogP) is 3.12. The summed E-state index contributed by atoms with van der Waals surface area (Å²) >= 11 is 3.44. The molecule has 21 heavy (non-hydrogen) atoms. The summed E-state index contributed by atoms with van der Waals surface area (Å²) in [7, 11) is 0. The van der Waals surface area contributed by atoms with Crippen LogP contribution in [0.5, 0.6) is 11.5 Å². The first-order valence-corrected chi connectivity index (χ1v) is 7.90. The molecule has 1 aliphatic heterocycles. The molecule has 0 saturated heterocycles. The molecule has 0 aromatic heterocycles. The average Bonchev–Trinajstić information content (AvgIpc) is 2.69. The lowest BCUT2D eigenvalue weighted by molar-refractivity contribution is -0.139. The van der Waals surface area contributed by atoms with Gasteiger partial charge in [0.05, 0.1) is 17.7 Å². The summed E-state index contributed by atoms with van der Waals surface area (Å²) < 4.78 is 12.0. The van der Waals surface area contributed by atoms with Crippen molar-refractivity contribution in [2.75, 3.05) is 13.2 Å². The lowest BCUT2D eigenvalue weighted by Crippen LogP contribution is -2.35. The molecular weight excluding hydrogens is 338 g/mol. The van der Waals surface area contributed by atoms with E-state index in [1.54, 1.807) is 12.1 Å². The number of fused-ring (bicyclic) bond motifs is 1. The molecular formula is C15H20BrNO4. The van der Waals surface area contributed by atoms with Gasteiger partial charge >= 0.3 is 5.97 Å². The van der Waals surface area contributed by atoms with Crippen LogP contribution in [0.3, 0.4) is 0 Å². The largest absolute Gasteiger partial charge is 0.490 e. The Balaban J connectivity index is 2.35. The van der Waals surface area contributed by atoms with Crippen molar-refractivity contribution in [1.82, 2.24) is 5.32 Å². The van der Waals surface area contributed by atoms with Gasteiger partial charge < -0.3 is 14.6 Å². The van der Waals surface area contributed by atoms with Crippen molar-refractivity contribution in [3.05, 3.63) is 22.2 Å². The van der Waals surface area contributed by atoms with Crippen LogP contribution < -0.4 is 14.8 Å². The summed E-state index contributed by atoms with van der Waals surface area (Å²) in [6, 6.07) is 2.87. The first-order valence-electron chi connectivity index (χ1n) is 7.10. The zero-order valence-electron chi connectivity index (χ0n) is 12.2. The summed E-state index contributed by atoms with van der Waals surface area (Å²) in [6.45, 7) is 5.15. The summed E-state index contributed by atoms with van der Waals surface area (Å²) in [5, 5.41) is 12.6. The maximum absolute atomic E-state index is 11.5. The van der Waals surface area contributed by atoms with Gasteiger partial charge in [0, 0.05) is 12.5 Å². The van der Waals surface area contributed by atoms with Crippen LogP contribution in [0, 0.1) is 0 Å². The Kier molecular flexibility index (Phi) is 5.47. The van der Waals surface area contributed by atoms with Crippen molar-refractivity contribution in [3.63, 3.8) is 0 Å². The normalized spacial score (nSPS) is 16.9. The third-order valence-electron chi connectivity index (χ3n) is 3.47.